The highest BCUT2D eigenvalue weighted by Crippen LogP contribution is 2.16. The maximum atomic E-state index is 13.7. The third kappa shape index (κ3) is 3.69. The maximum Gasteiger partial charge on any atom is 0.263 e. The predicted octanol–water partition coefficient (Wildman–Crippen LogP) is 3.74. The average Bonchev–Trinajstić information content (AvgIpc) is 2.61. The monoisotopic (exact) mass is 354 g/mol. The predicted molar refractivity (Wildman–Crippen MR) is 95.3 cm³/mol. The molecule has 3 aromatic rings. The highest BCUT2D eigenvalue weighted by molar-refractivity contribution is 6.04. The van der Waals surface area contributed by atoms with E-state index in [0.717, 1.165) is 29.3 Å². The van der Waals surface area contributed by atoms with E-state index in [0.29, 0.717) is 6.54 Å². The minimum absolute atomic E-state index is 0.148. The first-order valence-corrected chi connectivity index (χ1v) is 7.96. The van der Waals surface area contributed by atoms with Crippen LogP contribution in [0.5, 0.6) is 0 Å². The Hall–Kier alpha value is -3.28. The average molecular weight is 354 g/mol. The highest BCUT2D eigenvalue weighted by Gasteiger charge is 2.15. The van der Waals surface area contributed by atoms with Crippen LogP contribution >= 0.6 is 0 Å². The van der Waals surface area contributed by atoms with Gasteiger partial charge in [-0.25, -0.2) is 8.78 Å². The smallest absolute Gasteiger partial charge is 0.263 e. The highest BCUT2D eigenvalue weighted by atomic mass is 19.1. The van der Waals surface area contributed by atoms with Crippen molar-refractivity contribution in [3.8, 4) is 0 Å². The van der Waals surface area contributed by atoms with Crippen LogP contribution in [0.2, 0.25) is 0 Å². The number of carbonyl (C=O) groups excluding carboxylic acids is 1. The second-order valence-electron chi connectivity index (χ2n) is 5.86. The van der Waals surface area contributed by atoms with Crippen LogP contribution in [0.25, 0.3) is 0 Å². The zero-order chi connectivity index (χ0) is 18.7. The van der Waals surface area contributed by atoms with E-state index in [1.54, 1.807) is 12.3 Å². The van der Waals surface area contributed by atoms with Crippen LogP contribution in [0.1, 0.15) is 21.5 Å². The van der Waals surface area contributed by atoms with E-state index in [1.807, 2.05) is 31.2 Å². The number of benzene rings is 2. The molecule has 3 rings (SSSR count). The molecule has 4 nitrogen and oxygen atoms in total. The SMILES string of the molecule is Cc1ccccc1Cn1cccc(C(=O)Nc2cc(F)ccc2F)c1=O. The Kier molecular flexibility index (Phi) is 4.93. The summed E-state index contributed by atoms with van der Waals surface area (Å²) in [6, 6.07) is 13.2. The fraction of sp³-hybridized carbons (Fsp3) is 0.100. The van der Waals surface area contributed by atoms with Crippen molar-refractivity contribution >= 4 is 11.6 Å². The van der Waals surface area contributed by atoms with E-state index in [4.69, 9.17) is 0 Å². The molecule has 0 aliphatic heterocycles. The Morgan fingerprint density at radius 2 is 1.85 bits per heavy atom. The number of hydrogen-bond donors (Lipinski definition) is 1. The first-order valence-electron chi connectivity index (χ1n) is 7.96. The number of pyridine rings is 1. The van der Waals surface area contributed by atoms with Gasteiger partial charge in [0, 0.05) is 12.3 Å². The van der Waals surface area contributed by atoms with Crippen molar-refractivity contribution in [2.24, 2.45) is 0 Å². The van der Waals surface area contributed by atoms with Crippen LogP contribution in [0.4, 0.5) is 14.5 Å². The van der Waals surface area contributed by atoms with Gasteiger partial charge >= 0.3 is 0 Å². The number of aryl methyl sites for hydroxylation is 1. The number of nitrogens with zero attached hydrogens (tertiary/aromatic N) is 1. The van der Waals surface area contributed by atoms with Crippen molar-refractivity contribution < 1.29 is 13.6 Å². The molecule has 0 radical (unpaired) electrons. The minimum Gasteiger partial charge on any atom is -0.319 e. The van der Waals surface area contributed by atoms with Gasteiger partial charge in [0.2, 0.25) is 0 Å². The molecule has 0 saturated carbocycles. The Labute approximate surface area is 148 Å². The van der Waals surface area contributed by atoms with E-state index in [-0.39, 0.29) is 11.3 Å². The normalized spacial score (nSPS) is 10.6. The van der Waals surface area contributed by atoms with Gasteiger partial charge < -0.3 is 9.88 Å². The maximum absolute atomic E-state index is 13.7. The molecule has 0 aliphatic rings. The van der Waals surface area contributed by atoms with Crippen LogP contribution in [0, 0.1) is 18.6 Å². The summed E-state index contributed by atoms with van der Waals surface area (Å²) >= 11 is 0. The number of amides is 1. The van der Waals surface area contributed by atoms with E-state index < -0.39 is 23.1 Å². The van der Waals surface area contributed by atoms with Crippen LogP contribution in [0.15, 0.2) is 65.6 Å². The van der Waals surface area contributed by atoms with Crippen molar-refractivity contribution in [3.63, 3.8) is 0 Å². The Balaban J connectivity index is 1.89. The van der Waals surface area contributed by atoms with Gasteiger partial charge in [-0.05, 0) is 42.3 Å². The first kappa shape index (κ1) is 17.5. The fourth-order valence-electron chi connectivity index (χ4n) is 2.59. The third-order valence-electron chi connectivity index (χ3n) is 4.04. The molecule has 0 aliphatic carbocycles. The molecule has 0 saturated heterocycles. The van der Waals surface area contributed by atoms with Crippen LogP contribution < -0.4 is 10.9 Å². The molecule has 0 atom stereocenters. The quantitative estimate of drug-likeness (QED) is 0.776. The molecule has 0 spiro atoms. The number of hydrogen-bond acceptors (Lipinski definition) is 2. The number of rotatable bonds is 4. The van der Waals surface area contributed by atoms with Gasteiger partial charge in [0.05, 0.1) is 12.2 Å². The lowest BCUT2D eigenvalue weighted by molar-refractivity contribution is 0.102. The van der Waals surface area contributed by atoms with Crippen molar-refractivity contribution in [1.29, 1.82) is 0 Å². The molecule has 6 heteroatoms. The second-order valence-corrected chi connectivity index (χ2v) is 5.86. The summed E-state index contributed by atoms with van der Waals surface area (Å²) < 4.78 is 28.3. The number of nitrogens with one attached hydrogen (secondary N) is 1. The molecular formula is C20H16F2N2O2. The molecule has 0 unspecified atom stereocenters. The largest absolute Gasteiger partial charge is 0.319 e. The molecule has 1 heterocycles. The summed E-state index contributed by atoms with van der Waals surface area (Å²) in [5.74, 6) is -2.26. The molecule has 26 heavy (non-hydrogen) atoms. The Bertz CT molecular complexity index is 1030. The zero-order valence-corrected chi connectivity index (χ0v) is 14.0. The summed E-state index contributed by atoms with van der Waals surface area (Å²) in [5, 5.41) is 2.24. The third-order valence-corrected chi connectivity index (χ3v) is 4.04. The van der Waals surface area contributed by atoms with Crippen molar-refractivity contribution in [2.45, 2.75) is 13.5 Å². The van der Waals surface area contributed by atoms with Gasteiger partial charge in [0.15, 0.2) is 0 Å². The van der Waals surface area contributed by atoms with Gasteiger partial charge in [-0.1, -0.05) is 24.3 Å². The van der Waals surface area contributed by atoms with E-state index in [1.165, 1.54) is 10.6 Å². The summed E-state index contributed by atoms with van der Waals surface area (Å²) in [4.78, 5) is 25.0. The van der Waals surface area contributed by atoms with Gasteiger partial charge in [-0.3, -0.25) is 9.59 Å². The lowest BCUT2D eigenvalue weighted by atomic mass is 10.1. The number of anilines is 1. The topological polar surface area (TPSA) is 51.1 Å². The van der Waals surface area contributed by atoms with E-state index in [2.05, 4.69) is 5.32 Å². The summed E-state index contributed by atoms with van der Waals surface area (Å²) in [6.07, 6.45) is 1.58. The van der Waals surface area contributed by atoms with Crippen molar-refractivity contribution in [2.75, 3.05) is 5.32 Å². The van der Waals surface area contributed by atoms with Crippen molar-refractivity contribution in [3.05, 3.63) is 99.5 Å². The fourth-order valence-corrected chi connectivity index (χ4v) is 2.59. The first-order chi connectivity index (χ1) is 12.5. The number of carbonyl (C=O) groups is 1. The molecule has 1 aromatic heterocycles. The number of aromatic nitrogens is 1. The van der Waals surface area contributed by atoms with Crippen LogP contribution in [0.3, 0.4) is 0 Å². The van der Waals surface area contributed by atoms with Crippen LogP contribution in [-0.4, -0.2) is 10.5 Å². The molecule has 0 fully saturated rings. The van der Waals surface area contributed by atoms with Gasteiger partial charge in [0.1, 0.15) is 17.2 Å². The number of halogens is 2. The van der Waals surface area contributed by atoms with Crippen LogP contribution in [-0.2, 0) is 6.54 Å². The lowest BCUT2D eigenvalue weighted by Gasteiger charge is -2.11. The Morgan fingerprint density at radius 1 is 1.08 bits per heavy atom. The molecular weight excluding hydrogens is 338 g/mol. The van der Waals surface area contributed by atoms with E-state index in [9.17, 15) is 18.4 Å². The molecule has 2 aromatic carbocycles. The summed E-state index contributed by atoms with van der Waals surface area (Å²) in [5.41, 5.74) is 0.998. The molecule has 132 valence electrons. The van der Waals surface area contributed by atoms with Crippen molar-refractivity contribution in [1.82, 2.24) is 4.57 Å². The van der Waals surface area contributed by atoms with Gasteiger partial charge in [0.25, 0.3) is 11.5 Å². The van der Waals surface area contributed by atoms with Gasteiger partial charge in [-0.2, -0.15) is 0 Å². The van der Waals surface area contributed by atoms with Gasteiger partial charge in [-0.15, -0.1) is 0 Å². The second kappa shape index (κ2) is 7.31. The standard InChI is InChI=1S/C20H16F2N2O2/c1-13-5-2-3-6-14(13)12-24-10-4-7-16(20(24)26)19(25)23-18-11-15(21)8-9-17(18)22/h2-11H,12H2,1H3,(H,23,25). The summed E-state index contributed by atoms with van der Waals surface area (Å²) in [6.45, 7) is 2.24. The zero-order valence-electron chi connectivity index (χ0n) is 14.0. The molecule has 1 N–H and O–H groups in total. The molecule has 0 bridgehead atoms. The Morgan fingerprint density at radius 3 is 2.62 bits per heavy atom. The summed E-state index contributed by atoms with van der Waals surface area (Å²) in [7, 11) is 0. The minimum atomic E-state index is -0.793. The lowest BCUT2D eigenvalue weighted by Crippen LogP contribution is -2.29. The van der Waals surface area contributed by atoms with E-state index >= 15 is 0 Å². The molecule has 1 amide bonds.